The Morgan fingerprint density at radius 3 is 2.77 bits per heavy atom. The van der Waals surface area contributed by atoms with E-state index in [1.54, 1.807) is 29.5 Å². The molecule has 0 spiro atoms. The van der Waals surface area contributed by atoms with Gasteiger partial charge in [-0.05, 0) is 38.2 Å². The Labute approximate surface area is 154 Å². The second-order valence-electron chi connectivity index (χ2n) is 6.47. The summed E-state index contributed by atoms with van der Waals surface area (Å²) < 4.78 is 1.38. The molecule has 1 aliphatic carbocycles. The van der Waals surface area contributed by atoms with E-state index >= 15 is 0 Å². The number of benzene rings is 1. The zero-order valence-electron chi connectivity index (χ0n) is 14.6. The second-order valence-corrected chi connectivity index (χ2v) is 7.56. The minimum Gasteiger partial charge on any atom is -0.296 e. The zero-order valence-corrected chi connectivity index (χ0v) is 15.4. The summed E-state index contributed by atoms with van der Waals surface area (Å²) in [5, 5.41) is 8.92. The molecule has 26 heavy (non-hydrogen) atoms. The number of aromatic nitrogens is 3. The summed E-state index contributed by atoms with van der Waals surface area (Å²) >= 11 is 1.54. The predicted octanol–water partition coefficient (Wildman–Crippen LogP) is 3.39. The number of aryl methyl sites for hydroxylation is 3. The molecule has 0 saturated heterocycles. The second kappa shape index (κ2) is 6.99. The topological polar surface area (TPSA) is 76.9 Å². The fourth-order valence-corrected chi connectivity index (χ4v) is 4.37. The maximum absolute atomic E-state index is 12.9. The molecule has 2 aromatic heterocycles. The van der Waals surface area contributed by atoms with Gasteiger partial charge in [-0.1, -0.05) is 25.1 Å². The molecule has 0 atom stereocenters. The van der Waals surface area contributed by atoms with Crippen LogP contribution >= 0.6 is 11.3 Å². The number of nitrogens with one attached hydrogen (secondary N) is 1. The van der Waals surface area contributed by atoms with Crippen molar-refractivity contribution >= 4 is 33.1 Å². The van der Waals surface area contributed by atoms with E-state index < -0.39 is 0 Å². The lowest BCUT2D eigenvalue weighted by Crippen LogP contribution is -2.27. The van der Waals surface area contributed by atoms with Crippen molar-refractivity contribution in [2.45, 2.75) is 45.6 Å². The quantitative estimate of drug-likeness (QED) is 0.766. The van der Waals surface area contributed by atoms with E-state index in [0.717, 1.165) is 31.4 Å². The molecule has 0 radical (unpaired) electrons. The number of hydrogen-bond donors (Lipinski definition) is 1. The first-order chi connectivity index (χ1) is 12.7. The average Bonchev–Trinajstić information content (AvgIpc) is 3.06. The summed E-state index contributed by atoms with van der Waals surface area (Å²) in [6, 6.07) is 7.12. The van der Waals surface area contributed by atoms with Crippen molar-refractivity contribution < 1.29 is 4.79 Å². The van der Waals surface area contributed by atoms with Gasteiger partial charge in [0.2, 0.25) is 0 Å². The Morgan fingerprint density at radius 2 is 2.00 bits per heavy atom. The molecule has 0 saturated carbocycles. The zero-order chi connectivity index (χ0) is 18.1. The minimum absolute atomic E-state index is 0.163. The van der Waals surface area contributed by atoms with Crippen LogP contribution in [0.3, 0.4) is 0 Å². The van der Waals surface area contributed by atoms with Crippen molar-refractivity contribution in [1.82, 2.24) is 14.8 Å². The Morgan fingerprint density at radius 1 is 1.23 bits per heavy atom. The number of carbonyl (C=O) groups is 1. The summed E-state index contributed by atoms with van der Waals surface area (Å²) in [6.45, 7) is 2.46. The van der Waals surface area contributed by atoms with Gasteiger partial charge in [0.05, 0.1) is 11.1 Å². The van der Waals surface area contributed by atoms with Gasteiger partial charge in [0.25, 0.3) is 11.5 Å². The SMILES string of the molecule is CCCn1nc(C(=O)Nc2nc3c(s2)CCCC3)c2ccccc2c1=O. The molecule has 7 heteroatoms. The van der Waals surface area contributed by atoms with E-state index in [-0.39, 0.29) is 17.2 Å². The number of amides is 1. The van der Waals surface area contributed by atoms with Crippen molar-refractivity contribution in [3.8, 4) is 0 Å². The number of anilines is 1. The van der Waals surface area contributed by atoms with Gasteiger partial charge in [0.1, 0.15) is 0 Å². The third kappa shape index (κ3) is 3.03. The van der Waals surface area contributed by atoms with Crippen LogP contribution in [0.5, 0.6) is 0 Å². The molecule has 2 heterocycles. The fraction of sp³-hybridized carbons (Fsp3) is 0.368. The molecule has 6 nitrogen and oxygen atoms in total. The van der Waals surface area contributed by atoms with Crippen LogP contribution in [0.25, 0.3) is 10.8 Å². The first-order valence-electron chi connectivity index (χ1n) is 8.97. The van der Waals surface area contributed by atoms with E-state index in [4.69, 9.17) is 0 Å². The molecular weight excluding hydrogens is 348 g/mol. The summed E-state index contributed by atoms with van der Waals surface area (Å²) in [7, 11) is 0. The normalized spacial score (nSPS) is 13.6. The number of hydrogen-bond acceptors (Lipinski definition) is 5. The molecule has 0 aliphatic heterocycles. The number of thiazole rings is 1. The van der Waals surface area contributed by atoms with E-state index in [1.165, 1.54) is 16.0 Å². The van der Waals surface area contributed by atoms with Gasteiger partial charge in [-0.25, -0.2) is 9.67 Å². The largest absolute Gasteiger partial charge is 0.296 e. The van der Waals surface area contributed by atoms with Crippen molar-refractivity contribution in [2.75, 3.05) is 5.32 Å². The van der Waals surface area contributed by atoms with Crippen molar-refractivity contribution in [3.05, 3.63) is 50.9 Å². The highest BCUT2D eigenvalue weighted by Gasteiger charge is 2.20. The van der Waals surface area contributed by atoms with E-state index in [1.807, 2.05) is 13.0 Å². The Bertz CT molecular complexity index is 1010. The van der Waals surface area contributed by atoms with Crippen molar-refractivity contribution in [2.24, 2.45) is 0 Å². The monoisotopic (exact) mass is 368 g/mol. The summed E-state index contributed by atoms with van der Waals surface area (Å²) in [5.41, 5.74) is 1.20. The van der Waals surface area contributed by atoms with Crippen molar-refractivity contribution in [1.29, 1.82) is 0 Å². The highest BCUT2D eigenvalue weighted by Crippen LogP contribution is 2.30. The standard InChI is InChI=1S/C19H20N4O2S/c1-2-11-23-18(25)13-8-4-3-7-12(13)16(22-23)17(24)21-19-20-14-9-5-6-10-15(14)26-19/h3-4,7-8H,2,5-6,9-11H2,1H3,(H,20,21,24). The van der Waals surface area contributed by atoms with Crippen LogP contribution in [0.2, 0.25) is 0 Å². The molecule has 1 amide bonds. The molecule has 1 N–H and O–H groups in total. The fourth-order valence-electron chi connectivity index (χ4n) is 3.33. The molecule has 3 aromatic rings. The van der Waals surface area contributed by atoms with Crippen molar-refractivity contribution in [3.63, 3.8) is 0 Å². The maximum atomic E-state index is 12.9. The number of carbonyl (C=O) groups excluding carboxylic acids is 1. The molecule has 1 aliphatic rings. The van der Waals surface area contributed by atoms with E-state index in [9.17, 15) is 9.59 Å². The Kier molecular flexibility index (Phi) is 4.55. The smallest absolute Gasteiger partial charge is 0.278 e. The molecule has 1 aromatic carbocycles. The van der Waals surface area contributed by atoms with Crippen LogP contribution in [0.15, 0.2) is 29.1 Å². The Hall–Kier alpha value is -2.54. The van der Waals surface area contributed by atoms with E-state index in [2.05, 4.69) is 15.4 Å². The summed E-state index contributed by atoms with van der Waals surface area (Å²) in [6.07, 6.45) is 5.11. The lowest BCUT2D eigenvalue weighted by atomic mass is 10.0. The van der Waals surface area contributed by atoms with Gasteiger partial charge >= 0.3 is 0 Å². The predicted molar refractivity (Wildman–Crippen MR) is 103 cm³/mol. The van der Waals surface area contributed by atoms with Crippen LogP contribution in [0.1, 0.15) is 47.2 Å². The molecule has 4 rings (SSSR count). The summed E-state index contributed by atoms with van der Waals surface area (Å²) in [5.74, 6) is -0.322. The molecular formula is C19H20N4O2S. The number of fused-ring (bicyclic) bond motifs is 2. The molecule has 134 valence electrons. The average molecular weight is 368 g/mol. The third-order valence-electron chi connectivity index (χ3n) is 4.58. The lowest BCUT2D eigenvalue weighted by molar-refractivity contribution is 0.102. The minimum atomic E-state index is -0.322. The van der Waals surface area contributed by atoms with Gasteiger partial charge in [-0.15, -0.1) is 11.3 Å². The highest BCUT2D eigenvalue weighted by atomic mass is 32.1. The lowest BCUT2D eigenvalue weighted by Gasteiger charge is -2.09. The molecule has 0 unspecified atom stereocenters. The highest BCUT2D eigenvalue weighted by molar-refractivity contribution is 7.15. The summed E-state index contributed by atoms with van der Waals surface area (Å²) in [4.78, 5) is 31.3. The van der Waals surface area contributed by atoms with E-state index in [0.29, 0.717) is 22.4 Å². The van der Waals surface area contributed by atoms with Gasteiger partial charge in [-0.2, -0.15) is 5.10 Å². The van der Waals surface area contributed by atoms with Gasteiger partial charge < -0.3 is 0 Å². The van der Waals surface area contributed by atoms with Crippen LogP contribution < -0.4 is 10.9 Å². The van der Waals surface area contributed by atoms with Crippen LogP contribution in [0, 0.1) is 0 Å². The van der Waals surface area contributed by atoms with Crippen LogP contribution in [-0.4, -0.2) is 20.7 Å². The number of nitrogens with zero attached hydrogens (tertiary/aromatic N) is 3. The first-order valence-corrected chi connectivity index (χ1v) is 9.79. The Balaban J connectivity index is 1.73. The number of rotatable bonds is 4. The molecule has 0 fully saturated rings. The third-order valence-corrected chi connectivity index (χ3v) is 5.66. The van der Waals surface area contributed by atoms with Gasteiger partial charge in [-0.3, -0.25) is 14.9 Å². The van der Waals surface area contributed by atoms with Crippen LogP contribution in [0.4, 0.5) is 5.13 Å². The first kappa shape index (κ1) is 16.9. The molecule has 0 bridgehead atoms. The maximum Gasteiger partial charge on any atom is 0.278 e. The van der Waals surface area contributed by atoms with Gasteiger partial charge in [0.15, 0.2) is 10.8 Å². The van der Waals surface area contributed by atoms with Crippen LogP contribution in [-0.2, 0) is 19.4 Å². The van der Waals surface area contributed by atoms with Gasteiger partial charge in [0, 0.05) is 16.8 Å².